The van der Waals surface area contributed by atoms with Gasteiger partial charge < -0.3 is 0 Å². The van der Waals surface area contributed by atoms with Crippen LogP contribution in [0.15, 0.2) is 176 Å². The molecule has 0 fully saturated rings. The Labute approximate surface area is 299 Å². The summed E-state index contributed by atoms with van der Waals surface area (Å²) < 4.78 is 5.06. The molecule has 0 saturated carbocycles. The van der Waals surface area contributed by atoms with Crippen molar-refractivity contribution in [1.82, 2.24) is 14.5 Å². The fourth-order valence-electron chi connectivity index (χ4n) is 8.61. The number of para-hydroxylation sites is 1. The molecule has 0 unspecified atom stereocenters. The maximum atomic E-state index is 5.74. The van der Waals surface area contributed by atoms with Crippen molar-refractivity contribution in [1.29, 1.82) is 0 Å². The van der Waals surface area contributed by atoms with Gasteiger partial charge >= 0.3 is 0 Å². The molecule has 3 aromatic heterocycles. The third-order valence-electron chi connectivity index (χ3n) is 10.7. The molecule has 1 aliphatic rings. The van der Waals surface area contributed by atoms with Gasteiger partial charge in [-0.25, -0.2) is 9.97 Å². The maximum absolute atomic E-state index is 5.74. The Hall–Kier alpha value is -6.14. The molecule has 238 valence electrons. The molecular weight excluding hydrogens is 655 g/mol. The largest absolute Gasteiger partial charge is 0.292 e. The molecule has 10 aromatic rings. The lowest BCUT2D eigenvalue weighted by molar-refractivity contribution is 1.07. The molecule has 0 bridgehead atoms. The van der Waals surface area contributed by atoms with Crippen LogP contribution < -0.4 is 20.7 Å². The van der Waals surface area contributed by atoms with Crippen molar-refractivity contribution >= 4 is 82.1 Å². The molecule has 0 saturated heterocycles. The molecule has 4 heterocycles. The number of benzene rings is 7. The molecule has 1 aliphatic heterocycles. The summed E-state index contributed by atoms with van der Waals surface area (Å²) >= 11 is 1.88. The molecule has 3 nitrogen and oxygen atoms in total. The minimum atomic E-state index is -2.97. The summed E-state index contributed by atoms with van der Waals surface area (Å²) in [7, 11) is -2.97. The van der Waals surface area contributed by atoms with Crippen LogP contribution in [0.3, 0.4) is 0 Å². The normalized spacial score (nSPS) is 13.3. The molecule has 7 aromatic carbocycles. The van der Waals surface area contributed by atoms with Gasteiger partial charge in [-0.15, -0.1) is 11.3 Å². The Bertz CT molecular complexity index is 2930. The summed E-state index contributed by atoms with van der Waals surface area (Å²) in [5, 5.41) is 10.3. The molecule has 0 amide bonds. The van der Waals surface area contributed by atoms with Crippen molar-refractivity contribution in [2.24, 2.45) is 0 Å². The summed E-state index contributed by atoms with van der Waals surface area (Å²) in [6.45, 7) is 0. The van der Waals surface area contributed by atoms with Gasteiger partial charge in [0.25, 0.3) is 0 Å². The van der Waals surface area contributed by atoms with Crippen LogP contribution in [0, 0.1) is 0 Å². The molecule has 0 atom stereocenters. The van der Waals surface area contributed by atoms with Crippen LogP contribution in [-0.2, 0) is 0 Å². The second kappa shape index (κ2) is 10.9. The molecule has 0 N–H and O–H groups in total. The van der Waals surface area contributed by atoms with Crippen molar-refractivity contribution in [3.8, 4) is 28.5 Å². The summed E-state index contributed by atoms with van der Waals surface area (Å²) in [6.07, 6.45) is 0. The van der Waals surface area contributed by atoms with E-state index in [-0.39, 0.29) is 0 Å². The van der Waals surface area contributed by atoms with E-state index >= 15 is 0 Å². The first kappa shape index (κ1) is 28.7. The number of aromatic nitrogens is 3. The Balaban J connectivity index is 1.40. The van der Waals surface area contributed by atoms with Gasteiger partial charge in [-0.2, -0.15) is 0 Å². The minimum absolute atomic E-state index is 0.736. The number of hydrogen-bond donors (Lipinski definition) is 0. The van der Waals surface area contributed by atoms with E-state index in [1.54, 1.807) is 0 Å². The summed E-state index contributed by atoms with van der Waals surface area (Å²) in [5.74, 6) is 1.70. The first-order valence-electron chi connectivity index (χ1n) is 17.3. The number of hydrogen-bond acceptors (Lipinski definition) is 3. The van der Waals surface area contributed by atoms with Crippen LogP contribution in [0.25, 0.3) is 70.4 Å². The van der Waals surface area contributed by atoms with Crippen molar-refractivity contribution in [2.45, 2.75) is 0 Å². The smallest absolute Gasteiger partial charge is 0.187 e. The van der Waals surface area contributed by atoms with Gasteiger partial charge in [0.05, 0.1) is 21.4 Å². The first-order valence-corrected chi connectivity index (χ1v) is 20.2. The Morgan fingerprint density at radius 2 is 1.10 bits per heavy atom. The fraction of sp³-hybridized carbons (Fsp3) is 0. The number of thiophene rings is 1. The first-order chi connectivity index (χ1) is 25.3. The predicted molar refractivity (Wildman–Crippen MR) is 217 cm³/mol. The Morgan fingerprint density at radius 3 is 1.86 bits per heavy atom. The van der Waals surface area contributed by atoms with E-state index in [4.69, 9.17) is 9.97 Å². The van der Waals surface area contributed by atoms with Crippen LogP contribution in [-0.4, -0.2) is 22.6 Å². The highest BCUT2D eigenvalue weighted by molar-refractivity contribution is 7.26. The maximum Gasteiger partial charge on any atom is 0.187 e. The zero-order valence-electron chi connectivity index (χ0n) is 27.5. The van der Waals surface area contributed by atoms with Gasteiger partial charge in [0, 0.05) is 42.6 Å². The van der Waals surface area contributed by atoms with Crippen LogP contribution in [0.1, 0.15) is 0 Å². The van der Waals surface area contributed by atoms with Gasteiger partial charge in [-0.1, -0.05) is 164 Å². The predicted octanol–water partition coefficient (Wildman–Crippen LogP) is 8.97. The standard InChI is InChI=1S/C46H29N3SSi/c1-4-16-30(17-5-1)45-47-41-37-24-12-15-27-40(37)51(31-18-6-2-7-19-31,32-20-8-3-9-21-32)44(41)46(48-45)49-38-25-13-10-22-33(38)35-28-29-36-34-23-11-14-26-39(34)50-43(36)42(35)49/h1-29H. The Morgan fingerprint density at radius 1 is 0.490 bits per heavy atom. The van der Waals surface area contributed by atoms with Gasteiger partial charge in [0.1, 0.15) is 5.82 Å². The van der Waals surface area contributed by atoms with Gasteiger partial charge in [-0.3, -0.25) is 4.57 Å². The highest BCUT2D eigenvalue weighted by Crippen LogP contribution is 2.43. The number of rotatable bonds is 4. The fourth-order valence-corrected chi connectivity index (χ4v) is 15.0. The van der Waals surface area contributed by atoms with Crippen molar-refractivity contribution in [3.63, 3.8) is 0 Å². The average Bonchev–Trinajstić information content (AvgIpc) is 3.85. The third-order valence-corrected chi connectivity index (χ3v) is 16.7. The van der Waals surface area contributed by atoms with Gasteiger partial charge in [-0.05, 0) is 27.7 Å². The summed E-state index contributed by atoms with van der Waals surface area (Å²) in [5.41, 5.74) is 5.58. The quantitative estimate of drug-likeness (QED) is 0.174. The molecular formula is C46H29N3SSi. The van der Waals surface area contributed by atoms with E-state index in [1.165, 1.54) is 62.8 Å². The molecule has 11 rings (SSSR count). The van der Waals surface area contributed by atoms with E-state index in [2.05, 4.69) is 180 Å². The zero-order chi connectivity index (χ0) is 33.5. The second-order valence-electron chi connectivity index (χ2n) is 13.3. The van der Waals surface area contributed by atoms with E-state index < -0.39 is 8.07 Å². The van der Waals surface area contributed by atoms with Crippen molar-refractivity contribution in [3.05, 3.63) is 176 Å². The van der Waals surface area contributed by atoms with Gasteiger partial charge in [0.15, 0.2) is 13.9 Å². The highest BCUT2D eigenvalue weighted by Gasteiger charge is 2.52. The second-order valence-corrected chi connectivity index (χ2v) is 18.0. The van der Waals surface area contributed by atoms with Crippen LogP contribution in [0.4, 0.5) is 0 Å². The van der Waals surface area contributed by atoms with Crippen LogP contribution in [0.5, 0.6) is 0 Å². The SMILES string of the molecule is c1ccc(-c2nc3c(c(-n4c5ccccc5c5ccc6c7ccccc7sc6c54)n2)[Si](c2ccccc2)(c2ccccc2)c2ccccc2-3)cc1. The molecule has 0 radical (unpaired) electrons. The topological polar surface area (TPSA) is 30.7 Å². The monoisotopic (exact) mass is 683 g/mol. The molecule has 0 aliphatic carbocycles. The van der Waals surface area contributed by atoms with Gasteiger partial charge in [0.2, 0.25) is 0 Å². The highest BCUT2D eigenvalue weighted by atomic mass is 32.1. The lowest BCUT2D eigenvalue weighted by atomic mass is 10.1. The van der Waals surface area contributed by atoms with E-state index in [0.717, 1.165) is 28.4 Å². The van der Waals surface area contributed by atoms with Crippen LogP contribution >= 0.6 is 11.3 Å². The van der Waals surface area contributed by atoms with E-state index in [0.29, 0.717) is 0 Å². The van der Waals surface area contributed by atoms with Crippen molar-refractivity contribution < 1.29 is 0 Å². The number of fused-ring (bicyclic) bond motifs is 10. The molecule has 0 spiro atoms. The lowest BCUT2D eigenvalue weighted by Crippen LogP contribution is -2.73. The zero-order valence-corrected chi connectivity index (χ0v) is 29.3. The summed E-state index contributed by atoms with van der Waals surface area (Å²) in [6, 6.07) is 64.0. The third kappa shape index (κ3) is 3.93. The molecule has 51 heavy (non-hydrogen) atoms. The molecule has 5 heteroatoms. The average molecular weight is 684 g/mol. The lowest BCUT2D eigenvalue weighted by Gasteiger charge is -2.32. The van der Waals surface area contributed by atoms with E-state index in [1.807, 2.05) is 11.3 Å². The van der Waals surface area contributed by atoms with Crippen LogP contribution in [0.2, 0.25) is 0 Å². The van der Waals surface area contributed by atoms with Crippen molar-refractivity contribution in [2.75, 3.05) is 0 Å². The number of nitrogens with zero attached hydrogens (tertiary/aromatic N) is 3. The minimum Gasteiger partial charge on any atom is -0.292 e. The van der Waals surface area contributed by atoms with E-state index in [9.17, 15) is 0 Å². The Kier molecular flexibility index (Phi) is 6.14. The summed E-state index contributed by atoms with van der Waals surface area (Å²) in [4.78, 5) is 11.3.